The molecule has 0 aliphatic heterocycles. The summed E-state index contributed by atoms with van der Waals surface area (Å²) >= 11 is 0. The van der Waals surface area contributed by atoms with Gasteiger partial charge in [0.05, 0.1) is 31.4 Å². The molecule has 0 aliphatic carbocycles. The van der Waals surface area contributed by atoms with Gasteiger partial charge in [-0.1, -0.05) is 26.0 Å². The van der Waals surface area contributed by atoms with Crippen LogP contribution in [-0.4, -0.2) is 68.2 Å². The van der Waals surface area contributed by atoms with Crippen LogP contribution in [0.25, 0.3) is 5.69 Å². The molecule has 0 saturated carbocycles. The zero-order valence-corrected chi connectivity index (χ0v) is 22.7. The van der Waals surface area contributed by atoms with Gasteiger partial charge in [-0.3, -0.25) is 9.59 Å². The van der Waals surface area contributed by atoms with Crippen LogP contribution in [0.15, 0.2) is 48.5 Å². The quantitative estimate of drug-likeness (QED) is 0.299. The second-order valence-corrected chi connectivity index (χ2v) is 9.94. The van der Waals surface area contributed by atoms with Gasteiger partial charge < -0.3 is 25.0 Å². The van der Waals surface area contributed by atoms with Crippen molar-refractivity contribution in [1.82, 2.24) is 14.7 Å². The number of amides is 1. The van der Waals surface area contributed by atoms with Crippen LogP contribution in [-0.2, 0) is 17.8 Å². The Hall–Kier alpha value is -3.76. The number of hydrogen-bond acceptors (Lipinski definition) is 6. The molecular formula is C29H36FN3O6. The van der Waals surface area contributed by atoms with Crippen LogP contribution in [0.4, 0.5) is 4.39 Å². The van der Waals surface area contributed by atoms with Crippen molar-refractivity contribution in [2.75, 3.05) is 14.2 Å². The Bertz CT molecular complexity index is 1270. The fourth-order valence-electron chi connectivity index (χ4n) is 4.58. The number of carbonyl (C=O) groups excluding carboxylic acids is 1. The molecule has 0 saturated heterocycles. The Labute approximate surface area is 227 Å². The molecule has 3 rings (SSSR count). The number of halogens is 1. The third-order valence-corrected chi connectivity index (χ3v) is 6.44. The van der Waals surface area contributed by atoms with E-state index < -0.39 is 30.4 Å². The molecule has 2 aromatic carbocycles. The van der Waals surface area contributed by atoms with E-state index in [-0.39, 0.29) is 30.4 Å². The summed E-state index contributed by atoms with van der Waals surface area (Å²) in [7, 11) is 3.27. The lowest BCUT2D eigenvalue weighted by Gasteiger charge is -2.19. The van der Waals surface area contributed by atoms with Crippen LogP contribution in [0.3, 0.4) is 0 Å². The van der Waals surface area contributed by atoms with Gasteiger partial charge in [-0.05, 0) is 67.1 Å². The standard InChI is InChI=1S/C29H36FN3O6/c1-18(2)27-25(13-12-22(34)15-23(35)16-26(36)37)33(21-10-8-20(30)9-11-21)31-28(27)29(38)32(3)17-19-6-5-7-24(14-19)39-4/h5-11,14,18,22-23,34-35H,12-13,15-17H2,1-4H3,(H,36,37). The number of aliphatic carboxylic acids is 1. The highest BCUT2D eigenvalue weighted by Crippen LogP contribution is 2.29. The zero-order valence-electron chi connectivity index (χ0n) is 22.7. The molecule has 3 N–H and O–H groups in total. The molecule has 1 heterocycles. The molecule has 1 aromatic heterocycles. The topological polar surface area (TPSA) is 125 Å². The summed E-state index contributed by atoms with van der Waals surface area (Å²) in [5.74, 6) is -1.26. The second-order valence-electron chi connectivity index (χ2n) is 9.94. The van der Waals surface area contributed by atoms with Crippen LogP contribution in [0, 0.1) is 5.82 Å². The first-order valence-corrected chi connectivity index (χ1v) is 12.8. The third-order valence-electron chi connectivity index (χ3n) is 6.44. The Morgan fingerprint density at radius 1 is 1.10 bits per heavy atom. The fourth-order valence-corrected chi connectivity index (χ4v) is 4.58. The summed E-state index contributed by atoms with van der Waals surface area (Å²) in [6.45, 7) is 4.22. The van der Waals surface area contributed by atoms with E-state index in [2.05, 4.69) is 5.10 Å². The van der Waals surface area contributed by atoms with E-state index in [9.17, 15) is 24.2 Å². The van der Waals surface area contributed by atoms with Gasteiger partial charge >= 0.3 is 5.97 Å². The number of carboxylic acids is 1. The van der Waals surface area contributed by atoms with E-state index in [0.717, 1.165) is 5.56 Å². The van der Waals surface area contributed by atoms with Crippen molar-refractivity contribution in [2.45, 2.75) is 64.2 Å². The van der Waals surface area contributed by atoms with Crippen molar-refractivity contribution >= 4 is 11.9 Å². The van der Waals surface area contributed by atoms with Gasteiger partial charge in [-0.25, -0.2) is 9.07 Å². The number of aromatic nitrogens is 2. The van der Waals surface area contributed by atoms with E-state index >= 15 is 0 Å². The molecule has 210 valence electrons. The second kappa shape index (κ2) is 13.3. The first kappa shape index (κ1) is 29.8. The number of aliphatic hydroxyl groups is 2. The summed E-state index contributed by atoms with van der Waals surface area (Å²) in [4.78, 5) is 26.1. The summed E-state index contributed by atoms with van der Waals surface area (Å²) in [6.07, 6.45) is -2.19. The van der Waals surface area contributed by atoms with E-state index in [1.165, 1.54) is 12.1 Å². The molecule has 0 aliphatic rings. The third kappa shape index (κ3) is 7.87. The number of methoxy groups -OCH3 is 1. The minimum atomic E-state index is -1.17. The van der Waals surface area contributed by atoms with Crippen molar-refractivity contribution in [3.63, 3.8) is 0 Å². The van der Waals surface area contributed by atoms with Gasteiger partial charge in [-0.15, -0.1) is 0 Å². The number of ether oxygens (including phenoxy) is 1. The molecule has 0 radical (unpaired) electrons. The molecule has 0 spiro atoms. The summed E-state index contributed by atoms with van der Waals surface area (Å²) in [5.41, 5.74) is 3.09. The predicted molar refractivity (Wildman–Crippen MR) is 144 cm³/mol. The van der Waals surface area contributed by atoms with Gasteiger partial charge in [0, 0.05) is 24.8 Å². The predicted octanol–water partition coefficient (Wildman–Crippen LogP) is 3.93. The van der Waals surface area contributed by atoms with Gasteiger partial charge in [0.15, 0.2) is 5.69 Å². The molecule has 1 amide bonds. The molecule has 0 bridgehead atoms. The Morgan fingerprint density at radius 2 is 1.79 bits per heavy atom. The van der Waals surface area contributed by atoms with Gasteiger partial charge in [0.25, 0.3) is 5.91 Å². The van der Waals surface area contributed by atoms with Crippen molar-refractivity contribution in [3.05, 3.63) is 76.9 Å². The maximum Gasteiger partial charge on any atom is 0.305 e. The smallest absolute Gasteiger partial charge is 0.305 e. The minimum absolute atomic E-state index is 0.0942. The van der Waals surface area contributed by atoms with Crippen LogP contribution < -0.4 is 4.74 Å². The normalized spacial score (nSPS) is 12.8. The molecule has 2 unspecified atom stereocenters. The summed E-state index contributed by atoms with van der Waals surface area (Å²) in [5, 5.41) is 34.0. The lowest BCUT2D eigenvalue weighted by molar-refractivity contribution is -0.139. The lowest BCUT2D eigenvalue weighted by atomic mass is 9.95. The molecule has 10 heteroatoms. The number of nitrogens with zero attached hydrogens (tertiary/aromatic N) is 3. The number of benzene rings is 2. The van der Waals surface area contributed by atoms with Crippen molar-refractivity contribution < 1.29 is 34.0 Å². The minimum Gasteiger partial charge on any atom is -0.497 e. The molecule has 39 heavy (non-hydrogen) atoms. The largest absolute Gasteiger partial charge is 0.497 e. The fraction of sp³-hybridized carbons (Fsp3) is 0.414. The molecule has 9 nitrogen and oxygen atoms in total. The monoisotopic (exact) mass is 541 g/mol. The first-order chi connectivity index (χ1) is 18.5. The van der Waals surface area contributed by atoms with Crippen LogP contribution in [0.5, 0.6) is 5.75 Å². The number of aliphatic hydroxyl groups excluding tert-OH is 2. The van der Waals surface area contributed by atoms with Gasteiger partial charge in [0.1, 0.15) is 11.6 Å². The highest BCUT2D eigenvalue weighted by atomic mass is 19.1. The highest BCUT2D eigenvalue weighted by molar-refractivity contribution is 5.94. The van der Waals surface area contributed by atoms with Crippen LogP contribution >= 0.6 is 0 Å². The highest BCUT2D eigenvalue weighted by Gasteiger charge is 2.28. The molecule has 3 aromatic rings. The number of rotatable bonds is 13. The van der Waals surface area contributed by atoms with Crippen LogP contribution in [0.1, 0.15) is 66.3 Å². The van der Waals surface area contributed by atoms with E-state index in [1.807, 2.05) is 38.1 Å². The number of carbonyl (C=O) groups is 2. The Kier molecular flexibility index (Phi) is 10.2. The van der Waals surface area contributed by atoms with E-state index in [1.54, 1.807) is 35.9 Å². The Morgan fingerprint density at radius 3 is 2.41 bits per heavy atom. The number of carboxylic acid groups (broad SMARTS) is 1. The average molecular weight is 542 g/mol. The maximum atomic E-state index is 13.7. The van der Waals surface area contributed by atoms with Crippen molar-refractivity contribution in [1.29, 1.82) is 0 Å². The maximum absolute atomic E-state index is 13.7. The average Bonchev–Trinajstić information content (AvgIpc) is 3.26. The van der Waals surface area contributed by atoms with E-state index in [4.69, 9.17) is 9.84 Å². The van der Waals surface area contributed by atoms with Crippen molar-refractivity contribution in [2.24, 2.45) is 0 Å². The first-order valence-electron chi connectivity index (χ1n) is 12.8. The molecule has 2 atom stereocenters. The van der Waals surface area contributed by atoms with Crippen LogP contribution in [0.2, 0.25) is 0 Å². The van der Waals surface area contributed by atoms with Gasteiger partial charge in [0.2, 0.25) is 0 Å². The van der Waals surface area contributed by atoms with Gasteiger partial charge in [-0.2, -0.15) is 5.10 Å². The number of hydrogen-bond donors (Lipinski definition) is 3. The summed E-state index contributed by atoms with van der Waals surface area (Å²) < 4.78 is 20.6. The van der Waals surface area contributed by atoms with Crippen molar-refractivity contribution in [3.8, 4) is 11.4 Å². The Balaban J connectivity index is 1.95. The van der Waals surface area contributed by atoms with E-state index in [0.29, 0.717) is 35.7 Å². The summed E-state index contributed by atoms with van der Waals surface area (Å²) in [6, 6.07) is 13.2. The zero-order chi connectivity index (χ0) is 28.7. The SMILES string of the molecule is COc1cccc(CN(C)C(=O)c2nn(-c3ccc(F)cc3)c(CCC(O)CC(O)CC(=O)O)c2C(C)C)c1. The molecular weight excluding hydrogens is 505 g/mol. The lowest BCUT2D eigenvalue weighted by Crippen LogP contribution is -2.27. The molecule has 0 fully saturated rings.